The molecule has 0 aliphatic heterocycles. The summed E-state index contributed by atoms with van der Waals surface area (Å²) in [5, 5.41) is 1.71. The van der Waals surface area contributed by atoms with E-state index >= 15 is 0 Å². The Hall–Kier alpha value is -1.25. The minimum absolute atomic E-state index is 0.0676. The van der Waals surface area contributed by atoms with Crippen LogP contribution < -0.4 is 10.3 Å². The van der Waals surface area contributed by atoms with Crippen molar-refractivity contribution in [2.75, 3.05) is 0 Å². The van der Waals surface area contributed by atoms with Gasteiger partial charge in [-0.25, -0.2) is 18.1 Å². The largest absolute Gasteiger partial charge is 0.279 e. The number of thiazole rings is 1. The van der Waals surface area contributed by atoms with Gasteiger partial charge in [0.25, 0.3) is 5.56 Å². The van der Waals surface area contributed by atoms with Crippen LogP contribution in [0, 0.1) is 6.92 Å². The highest BCUT2D eigenvalue weighted by Crippen LogP contribution is 2.20. The topological polar surface area (TPSA) is 80.5 Å². The van der Waals surface area contributed by atoms with Crippen LogP contribution >= 0.6 is 11.3 Å². The highest BCUT2D eigenvalue weighted by molar-refractivity contribution is 7.89. The average molecular weight is 313 g/mol. The van der Waals surface area contributed by atoms with Gasteiger partial charge in [0.05, 0.1) is 5.69 Å². The van der Waals surface area contributed by atoms with Crippen LogP contribution in [0.5, 0.6) is 0 Å². The van der Waals surface area contributed by atoms with E-state index in [1.807, 2.05) is 0 Å². The third-order valence-corrected chi connectivity index (χ3v) is 5.95. The van der Waals surface area contributed by atoms with Gasteiger partial charge < -0.3 is 0 Å². The lowest BCUT2D eigenvalue weighted by Gasteiger charge is -2.13. The first-order valence-electron chi connectivity index (χ1n) is 6.48. The molecule has 2 heterocycles. The van der Waals surface area contributed by atoms with E-state index in [-0.39, 0.29) is 16.6 Å². The van der Waals surface area contributed by atoms with Crippen LogP contribution in [-0.4, -0.2) is 23.8 Å². The van der Waals surface area contributed by atoms with Gasteiger partial charge in [-0.3, -0.25) is 9.20 Å². The molecule has 20 heavy (non-hydrogen) atoms. The first kappa shape index (κ1) is 13.7. The molecule has 1 saturated carbocycles. The number of fused-ring (bicyclic) bond motifs is 1. The van der Waals surface area contributed by atoms with Gasteiger partial charge in [0.2, 0.25) is 10.0 Å². The van der Waals surface area contributed by atoms with Crippen molar-refractivity contribution in [3.63, 3.8) is 0 Å². The molecule has 2 aromatic heterocycles. The summed E-state index contributed by atoms with van der Waals surface area (Å²) in [4.78, 5) is 16.8. The summed E-state index contributed by atoms with van der Waals surface area (Å²) in [7, 11) is -3.82. The second-order valence-electron chi connectivity index (χ2n) is 4.99. The predicted octanol–water partition coefficient (Wildman–Crippen LogP) is 1.29. The zero-order valence-electron chi connectivity index (χ0n) is 11.0. The van der Waals surface area contributed by atoms with E-state index in [1.54, 1.807) is 18.5 Å². The molecule has 0 unspecified atom stereocenters. The quantitative estimate of drug-likeness (QED) is 0.926. The van der Waals surface area contributed by atoms with Gasteiger partial charge in [-0.15, -0.1) is 11.3 Å². The predicted molar refractivity (Wildman–Crippen MR) is 76.7 cm³/mol. The van der Waals surface area contributed by atoms with Crippen LogP contribution in [0.25, 0.3) is 4.96 Å². The molecule has 0 amide bonds. The summed E-state index contributed by atoms with van der Waals surface area (Å²) in [5.41, 5.74) is -0.276. The molecule has 8 heteroatoms. The Labute approximate surface area is 120 Å². The Bertz CT molecular complexity index is 801. The van der Waals surface area contributed by atoms with Crippen molar-refractivity contribution in [2.45, 2.75) is 43.5 Å². The standard InChI is InChI=1S/C12H15N3O3S2/c1-8-10(11(16)15-6-7-19-12(15)13-8)20(17,18)14-9-4-2-3-5-9/h6-7,9,14H,2-5H2,1H3. The lowest BCUT2D eigenvalue weighted by atomic mass is 10.3. The Morgan fingerprint density at radius 1 is 1.40 bits per heavy atom. The molecule has 1 aliphatic rings. The van der Waals surface area contributed by atoms with Gasteiger partial charge in [-0.05, 0) is 19.8 Å². The summed E-state index contributed by atoms with van der Waals surface area (Å²) < 4.78 is 28.8. The lowest BCUT2D eigenvalue weighted by Crippen LogP contribution is -2.37. The lowest BCUT2D eigenvalue weighted by molar-refractivity contribution is 0.549. The molecule has 0 aromatic carbocycles. The van der Waals surface area contributed by atoms with E-state index in [1.165, 1.54) is 15.7 Å². The number of hydrogen-bond donors (Lipinski definition) is 1. The molecule has 6 nitrogen and oxygen atoms in total. The molecule has 1 N–H and O–H groups in total. The fourth-order valence-electron chi connectivity index (χ4n) is 2.60. The highest BCUT2D eigenvalue weighted by atomic mass is 32.2. The van der Waals surface area contributed by atoms with Crippen molar-refractivity contribution in [3.05, 3.63) is 27.6 Å². The molecule has 0 atom stereocenters. The third-order valence-electron chi connectivity index (χ3n) is 3.54. The zero-order chi connectivity index (χ0) is 14.3. The second kappa shape index (κ2) is 4.94. The number of sulfonamides is 1. The molecule has 3 rings (SSSR count). The summed E-state index contributed by atoms with van der Waals surface area (Å²) in [5.74, 6) is 0. The number of aryl methyl sites for hydroxylation is 1. The van der Waals surface area contributed by atoms with E-state index in [4.69, 9.17) is 0 Å². The molecule has 1 fully saturated rings. The minimum Gasteiger partial charge on any atom is -0.267 e. The van der Waals surface area contributed by atoms with Gasteiger partial charge in [0.1, 0.15) is 0 Å². The molecule has 0 spiro atoms. The van der Waals surface area contributed by atoms with Crippen molar-refractivity contribution in [3.8, 4) is 0 Å². The number of hydrogen-bond acceptors (Lipinski definition) is 5. The second-order valence-corrected chi connectivity index (χ2v) is 7.51. The number of rotatable bonds is 3. The average Bonchev–Trinajstić information content (AvgIpc) is 2.98. The highest BCUT2D eigenvalue weighted by Gasteiger charge is 2.28. The van der Waals surface area contributed by atoms with E-state index in [9.17, 15) is 13.2 Å². The Kier molecular flexibility index (Phi) is 3.39. The van der Waals surface area contributed by atoms with E-state index in [0.29, 0.717) is 4.96 Å². The van der Waals surface area contributed by atoms with Crippen LogP contribution in [0.1, 0.15) is 31.4 Å². The normalized spacial score (nSPS) is 17.1. The van der Waals surface area contributed by atoms with Crippen LogP contribution in [0.2, 0.25) is 0 Å². The van der Waals surface area contributed by atoms with Crippen molar-refractivity contribution >= 4 is 26.3 Å². The van der Waals surface area contributed by atoms with Crippen LogP contribution in [0.3, 0.4) is 0 Å². The van der Waals surface area contributed by atoms with Crippen LogP contribution in [0.4, 0.5) is 0 Å². The molecular formula is C12H15N3O3S2. The van der Waals surface area contributed by atoms with Crippen LogP contribution in [-0.2, 0) is 10.0 Å². The fraction of sp³-hybridized carbons (Fsp3) is 0.500. The molecule has 108 valence electrons. The minimum atomic E-state index is -3.82. The number of nitrogens with zero attached hydrogens (tertiary/aromatic N) is 2. The van der Waals surface area contributed by atoms with Crippen molar-refractivity contribution in [2.24, 2.45) is 0 Å². The van der Waals surface area contributed by atoms with E-state index < -0.39 is 15.6 Å². The van der Waals surface area contributed by atoms with E-state index in [0.717, 1.165) is 25.7 Å². The van der Waals surface area contributed by atoms with Crippen LogP contribution in [0.15, 0.2) is 21.3 Å². The number of aromatic nitrogens is 2. The van der Waals surface area contributed by atoms with Gasteiger partial charge >= 0.3 is 0 Å². The van der Waals surface area contributed by atoms with E-state index in [2.05, 4.69) is 9.71 Å². The molecule has 0 saturated heterocycles. The smallest absolute Gasteiger partial charge is 0.267 e. The molecule has 1 aliphatic carbocycles. The van der Waals surface area contributed by atoms with Crippen molar-refractivity contribution in [1.29, 1.82) is 0 Å². The first-order chi connectivity index (χ1) is 9.49. The molecule has 2 aromatic rings. The molecular weight excluding hydrogens is 298 g/mol. The maximum absolute atomic E-state index is 12.4. The van der Waals surface area contributed by atoms with Crippen molar-refractivity contribution < 1.29 is 8.42 Å². The Balaban J connectivity index is 2.10. The summed E-state index contributed by atoms with van der Waals surface area (Å²) in [6.45, 7) is 1.56. The number of nitrogens with one attached hydrogen (secondary N) is 1. The summed E-state index contributed by atoms with van der Waals surface area (Å²) in [6.07, 6.45) is 5.24. The molecule has 0 radical (unpaired) electrons. The first-order valence-corrected chi connectivity index (χ1v) is 8.84. The Morgan fingerprint density at radius 2 is 2.10 bits per heavy atom. The van der Waals surface area contributed by atoms with Gasteiger partial charge in [-0.2, -0.15) is 0 Å². The maximum Gasteiger partial charge on any atom is 0.279 e. The van der Waals surface area contributed by atoms with Gasteiger partial charge in [-0.1, -0.05) is 12.8 Å². The fourth-order valence-corrected chi connectivity index (χ4v) is 4.90. The van der Waals surface area contributed by atoms with Gasteiger partial charge in [0, 0.05) is 17.6 Å². The van der Waals surface area contributed by atoms with Crippen molar-refractivity contribution in [1.82, 2.24) is 14.1 Å². The summed E-state index contributed by atoms with van der Waals surface area (Å²) >= 11 is 1.30. The third kappa shape index (κ3) is 2.27. The molecule has 0 bridgehead atoms. The van der Waals surface area contributed by atoms with Gasteiger partial charge in [0.15, 0.2) is 9.86 Å². The summed E-state index contributed by atoms with van der Waals surface area (Å²) in [6, 6.07) is -0.0676. The maximum atomic E-state index is 12.4. The SMILES string of the molecule is Cc1nc2sccn2c(=O)c1S(=O)(=O)NC1CCCC1. The zero-order valence-corrected chi connectivity index (χ0v) is 12.6. The monoisotopic (exact) mass is 313 g/mol. The Morgan fingerprint density at radius 3 is 2.80 bits per heavy atom.